The molecule has 6 aliphatic heterocycles. The van der Waals surface area contributed by atoms with Crippen molar-refractivity contribution in [2.75, 3.05) is 80.6 Å². The molecule has 1 aromatic heterocycles. The van der Waals surface area contributed by atoms with E-state index in [0.717, 1.165) is 75.4 Å². The number of likely N-dealkylation sites (tertiary alicyclic amines) is 1. The highest BCUT2D eigenvalue weighted by Crippen LogP contribution is 2.47. The minimum Gasteiger partial charge on any atom is -0.504 e. The van der Waals surface area contributed by atoms with Crippen molar-refractivity contribution in [1.29, 1.82) is 0 Å². The number of aromatic hydroxyl groups is 1. The largest absolute Gasteiger partial charge is 0.504 e. The lowest BCUT2D eigenvalue weighted by atomic mass is 10.0. The highest BCUT2D eigenvalue weighted by atomic mass is 19.1. The molecule has 0 spiro atoms. The van der Waals surface area contributed by atoms with Crippen molar-refractivity contribution in [3.05, 3.63) is 70.3 Å². The van der Waals surface area contributed by atoms with Crippen LogP contribution in [0, 0.1) is 17.6 Å². The molecule has 3 amide bonds. The Morgan fingerprint density at radius 3 is 2.68 bits per heavy atom. The number of imide groups is 1. The van der Waals surface area contributed by atoms with Gasteiger partial charge in [0.1, 0.15) is 11.9 Å². The number of rotatable bonds is 7. The van der Waals surface area contributed by atoms with Gasteiger partial charge in [-0.1, -0.05) is 6.07 Å². The molecule has 3 aromatic rings. The minimum atomic E-state index is -1.04. The van der Waals surface area contributed by atoms with Gasteiger partial charge in [-0.2, -0.15) is 0 Å². The fourth-order valence-electron chi connectivity index (χ4n) is 9.66. The first kappa shape index (κ1) is 35.2. The third-order valence-corrected chi connectivity index (χ3v) is 12.7. The van der Waals surface area contributed by atoms with Crippen LogP contribution in [0.2, 0.25) is 0 Å². The van der Waals surface area contributed by atoms with Crippen molar-refractivity contribution in [2.24, 2.45) is 5.92 Å². The first-order valence-electron chi connectivity index (χ1n) is 19.5. The van der Waals surface area contributed by atoms with Crippen molar-refractivity contribution < 1.29 is 33.0 Å². The van der Waals surface area contributed by atoms with Gasteiger partial charge in [0.05, 0.1) is 30.1 Å². The molecule has 2 unspecified atom stereocenters. The number of nitrogens with zero attached hydrogens (tertiary/aromatic N) is 7. The minimum absolute atomic E-state index is 0.0277. The predicted octanol–water partition coefficient (Wildman–Crippen LogP) is 2.34. The molecule has 4 fully saturated rings. The monoisotopic (exact) mass is 767 g/mol. The number of piperazine rings is 1. The van der Waals surface area contributed by atoms with Gasteiger partial charge in [0.2, 0.25) is 11.8 Å². The molecule has 7 aliphatic rings. The average molecular weight is 768 g/mol. The summed E-state index contributed by atoms with van der Waals surface area (Å²) >= 11 is 0. The van der Waals surface area contributed by atoms with E-state index in [-0.39, 0.29) is 47.7 Å². The van der Waals surface area contributed by atoms with E-state index in [1.807, 2.05) is 12.1 Å². The summed E-state index contributed by atoms with van der Waals surface area (Å²) < 4.78 is 34.4. The van der Waals surface area contributed by atoms with Crippen LogP contribution in [0.5, 0.6) is 5.75 Å². The van der Waals surface area contributed by atoms with E-state index in [4.69, 9.17) is 4.74 Å². The first-order valence-corrected chi connectivity index (χ1v) is 19.5. The maximum Gasteiger partial charge on any atom is 0.255 e. The van der Waals surface area contributed by atoms with Gasteiger partial charge in [0.25, 0.3) is 5.91 Å². The number of ether oxygens (including phenoxy) is 1. The summed E-state index contributed by atoms with van der Waals surface area (Å²) in [4.78, 5) is 48.8. The molecule has 2 aromatic carbocycles. The van der Waals surface area contributed by atoms with Gasteiger partial charge in [-0.15, -0.1) is 10.2 Å². The number of phenolic OH excluding ortho intramolecular Hbond substituents is 1. The number of nitrogens with one attached hydrogen (secondary N) is 2. The summed E-state index contributed by atoms with van der Waals surface area (Å²) in [7, 11) is 0. The van der Waals surface area contributed by atoms with Crippen LogP contribution >= 0.6 is 0 Å². The molecule has 0 radical (unpaired) electrons. The number of piperidine rings is 1. The van der Waals surface area contributed by atoms with Crippen LogP contribution in [-0.2, 0) is 20.9 Å². The van der Waals surface area contributed by atoms with Crippen LogP contribution in [0.25, 0.3) is 11.3 Å². The standard InChI is InChI=1S/C40H43F2N9O5/c1-21-13-50-25(12-43-38-35(50)11-33(45-46-38)28-8-23(41)9-32(42)37(28)53)15-49(21)20-31-29-18-47(19-30(29)31)16-26-17-48(6-7-56-26)24-3-2-22-14-51(40(55)27(22)10-24)34-4-5-36(52)44-39(34)54/h2-3,8-11,21,25-26,29,34,53H,4-7,12-20H2,1H3,(H,43,46)(H,44,52,54)/t21-,25-,26?,29+,34?/m0/s1. The second-order valence-corrected chi connectivity index (χ2v) is 16.2. The number of morpholine rings is 1. The SMILES string of the molecule is C[C@H]1CN2c3cc(-c4cc(F)cc(F)c4O)nnc3NC[C@H]2CN1CC1=C2CN(CC3CN(c4ccc5c(c4)C(=O)N(C4CCC(=O)NC4=O)C5)CCO3)C[C@H]21. The Morgan fingerprint density at radius 1 is 0.982 bits per heavy atom. The molecule has 0 bridgehead atoms. The fraction of sp³-hybridized carbons (Fsp3) is 0.475. The number of aromatic nitrogens is 2. The second kappa shape index (κ2) is 13.5. The summed E-state index contributed by atoms with van der Waals surface area (Å²) in [6.45, 7) is 10.7. The molecule has 10 rings (SSSR count). The van der Waals surface area contributed by atoms with E-state index in [1.165, 1.54) is 0 Å². The average Bonchev–Trinajstić information content (AvgIpc) is 3.45. The van der Waals surface area contributed by atoms with Crippen LogP contribution in [0.1, 0.15) is 35.7 Å². The molecular weight excluding hydrogens is 724 g/mol. The van der Waals surface area contributed by atoms with Crippen LogP contribution in [0.3, 0.4) is 0 Å². The maximum absolute atomic E-state index is 14.1. The lowest BCUT2D eigenvalue weighted by Crippen LogP contribution is -2.61. The normalized spacial score (nSPS) is 27.5. The van der Waals surface area contributed by atoms with Gasteiger partial charge >= 0.3 is 0 Å². The van der Waals surface area contributed by atoms with Crippen molar-refractivity contribution in [3.8, 4) is 17.0 Å². The lowest BCUT2D eigenvalue weighted by molar-refractivity contribution is -0.136. The molecule has 3 N–H and O–H groups in total. The fourth-order valence-corrected chi connectivity index (χ4v) is 9.66. The highest BCUT2D eigenvalue weighted by Gasteiger charge is 2.46. The molecule has 56 heavy (non-hydrogen) atoms. The Balaban J connectivity index is 0.742. The highest BCUT2D eigenvalue weighted by molar-refractivity contribution is 6.05. The number of hydrogen-bond acceptors (Lipinski definition) is 12. The second-order valence-electron chi connectivity index (χ2n) is 16.2. The first-order chi connectivity index (χ1) is 27.1. The Kier molecular flexibility index (Phi) is 8.49. The van der Waals surface area contributed by atoms with Gasteiger partial charge in [0.15, 0.2) is 17.4 Å². The van der Waals surface area contributed by atoms with E-state index in [0.29, 0.717) is 49.5 Å². The molecular formula is C40H43F2N9O5. The number of carbonyl (C=O) groups is 3. The van der Waals surface area contributed by atoms with Crippen LogP contribution < -0.4 is 20.4 Å². The summed E-state index contributed by atoms with van der Waals surface area (Å²) in [5.41, 5.74) is 6.58. The third kappa shape index (κ3) is 6.14. The maximum atomic E-state index is 14.1. The number of hydrogen-bond donors (Lipinski definition) is 3. The van der Waals surface area contributed by atoms with Crippen molar-refractivity contribution >= 4 is 34.9 Å². The number of phenols is 1. The lowest BCUT2D eigenvalue weighted by Gasteiger charge is -2.48. The molecule has 7 heterocycles. The molecule has 0 saturated carbocycles. The molecule has 292 valence electrons. The predicted molar refractivity (Wildman–Crippen MR) is 201 cm³/mol. The van der Waals surface area contributed by atoms with Crippen LogP contribution in [-0.4, -0.2) is 137 Å². The van der Waals surface area contributed by atoms with Crippen LogP contribution in [0.15, 0.2) is 47.5 Å². The summed E-state index contributed by atoms with van der Waals surface area (Å²) in [6.07, 6.45) is 0.621. The van der Waals surface area contributed by atoms with E-state index in [2.05, 4.69) is 53.4 Å². The van der Waals surface area contributed by atoms with Crippen molar-refractivity contribution in [3.63, 3.8) is 0 Å². The van der Waals surface area contributed by atoms with E-state index in [1.54, 1.807) is 22.1 Å². The molecule has 4 saturated heterocycles. The number of halogens is 2. The topological polar surface area (TPSA) is 147 Å². The summed E-state index contributed by atoms with van der Waals surface area (Å²) in [5.74, 6) is -2.20. The smallest absolute Gasteiger partial charge is 0.255 e. The Labute approximate surface area is 322 Å². The zero-order chi connectivity index (χ0) is 38.4. The van der Waals surface area contributed by atoms with Crippen LogP contribution in [0.4, 0.5) is 26.0 Å². The van der Waals surface area contributed by atoms with Gasteiger partial charge in [-0.3, -0.25) is 29.5 Å². The number of amides is 3. The van der Waals surface area contributed by atoms with Crippen molar-refractivity contribution in [2.45, 2.75) is 50.5 Å². The zero-order valence-electron chi connectivity index (χ0n) is 31.0. The molecule has 16 heteroatoms. The van der Waals surface area contributed by atoms with Gasteiger partial charge in [-0.25, -0.2) is 8.78 Å². The molecule has 14 nitrogen and oxygen atoms in total. The Bertz CT molecular complexity index is 2200. The number of fused-ring (bicyclic) bond motifs is 5. The Morgan fingerprint density at radius 2 is 1.86 bits per heavy atom. The number of benzene rings is 2. The number of carbonyl (C=O) groups excluding carboxylic acids is 3. The van der Waals surface area contributed by atoms with Crippen molar-refractivity contribution in [1.82, 2.24) is 30.2 Å². The molecule has 1 aliphatic carbocycles. The number of anilines is 3. The van der Waals surface area contributed by atoms with E-state index < -0.39 is 29.3 Å². The summed E-state index contributed by atoms with van der Waals surface area (Å²) in [6, 6.07) is 9.27. The third-order valence-electron chi connectivity index (χ3n) is 12.7. The van der Waals surface area contributed by atoms with Gasteiger partial charge < -0.3 is 29.9 Å². The van der Waals surface area contributed by atoms with E-state index in [9.17, 15) is 28.3 Å². The zero-order valence-corrected chi connectivity index (χ0v) is 31.0. The molecule has 5 atom stereocenters. The van der Waals surface area contributed by atoms with E-state index >= 15 is 0 Å². The van der Waals surface area contributed by atoms with Gasteiger partial charge in [-0.05, 0) is 54.3 Å². The Hall–Kier alpha value is -5.19. The quantitative estimate of drug-likeness (QED) is 0.240. The summed E-state index contributed by atoms with van der Waals surface area (Å²) in [5, 5.41) is 24.5. The van der Waals surface area contributed by atoms with Gasteiger partial charge in [0, 0.05) is 107 Å².